The summed E-state index contributed by atoms with van der Waals surface area (Å²) in [5.41, 5.74) is 13.1. The molecule has 24 heavy (non-hydrogen) atoms. The molecule has 0 radical (unpaired) electrons. The maximum Gasteiger partial charge on any atom is 0.249 e. The second-order valence-corrected chi connectivity index (χ2v) is 4.96. The molecule has 7 nitrogen and oxygen atoms in total. The molecular formula is C17H13N5O2. The summed E-state index contributed by atoms with van der Waals surface area (Å²) >= 11 is 0. The number of rotatable bonds is 4. The molecule has 2 amide bonds. The number of hydrogen-bond donors (Lipinski definition) is 2. The maximum atomic E-state index is 11.8. The summed E-state index contributed by atoms with van der Waals surface area (Å²) in [5.74, 6) is -1.19. The highest BCUT2D eigenvalue weighted by Gasteiger charge is 2.19. The average molecular weight is 319 g/mol. The first-order valence-corrected chi connectivity index (χ1v) is 7.04. The molecule has 0 saturated heterocycles. The van der Waals surface area contributed by atoms with Crippen molar-refractivity contribution in [1.29, 1.82) is 0 Å². The Hall–Kier alpha value is -3.61. The number of hydrogen-bond acceptors (Lipinski definition) is 5. The summed E-state index contributed by atoms with van der Waals surface area (Å²) in [6, 6.07) is 9.83. The summed E-state index contributed by atoms with van der Waals surface area (Å²) in [5, 5.41) is 0. The summed E-state index contributed by atoms with van der Waals surface area (Å²) in [6.07, 6.45) is 4.51. The Labute approximate surface area is 137 Å². The van der Waals surface area contributed by atoms with E-state index in [1.807, 2.05) is 0 Å². The molecule has 4 N–H and O–H groups in total. The van der Waals surface area contributed by atoms with Crippen LogP contribution in [-0.4, -0.2) is 26.8 Å². The number of nitrogens with two attached hydrogens (primary N) is 2. The van der Waals surface area contributed by atoms with Crippen molar-refractivity contribution in [1.82, 2.24) is 15.0 Å². The van der Waals surface area contributed by atoms with Crippen molar-refractivity contribution in [3.05, 3.63) is 66.1 Å². The molecule has 0 aromatic carbocycles. The van der Waals surface area contributed by atoms with Crippen LogP contribution in [0.25, 0.3) is 22.6 Å². The molecular weight excluding hydrogens is 306 g/mol. The Bertz CT molecular complexity index is 925. The average Bonchev–Trinajstić information content (AvgIpc) is 2.62. The summed E-state index contributed by atoms with van der Waals surface area (Å²) in [6.45, 7) is 0. The van der Waals surface area contributed by atoms with Crippen LogP contribution in [0.2, 0.25) is 0 Å². The van der Waals surface area contributed by atoms with E-state index in [-0.39, 0.29) is 5.56 Å². The number of carbonyl (C=O) groups is 2. The molecule has 3 heterocycles. The molecule has 7 heteroatoms. The van der Waals surface area contributed by atoms with Crippen LogP contribution < -0.4 is 11.5 Å². The molecule has 0 spiro atoms. The zero-order chi connectivity index (χ0) is 17.1. The Morgan fingerprint density at radius 1 is 0.792 bits per heavy atom. The number of primary amides is 2. The van der Waals surface area contributed by atoms with Gasteiger partial charge in [0.05, 0.1) is 22.6 Å². The lowest BCUT2D eigenvalue weighted by Crippen LogP contribution is -2.14. The van der Waals surface area contributed by atoms with Gasteiger partial charge in [0.1, 0.15) is 0 Å². The van der Waals surface area contributed by atoms with Gasteiger partial charge in [0.2, 0.25) is 11.8 Å². The van der Waals surface area contributed by atoms with Gasteiger partial charge in [-0.25, -0.2) is 0 Å². The molecule has 3 aromatic heterocycles. The SMILES string of the molecule is NC(=O)c1ccnc(-c2nccc(C(N)=O)c2-c2ccccn2)c1. The first-order chi connectivity index (χ1) is 11.6. The van der Waals surface area contributed by atoms with Gasteiger partial charge in [0.15, 0.2) is 0 Å². The van der Waals surface area contributed by atoms with E-state index < -0.39 is 11.8 Å². The van der Waals surface area contributed by atoms with E-state index in [9.17, 15) is 9.59 Å². The summed E-state index contributed by atoms with van der Waals surface area (Å²) in [7, 11) is 0. The molecule has 0 saturated carbocycles. The van der Waals surface area contributed by atoms with E-state index in [2.05, 4.69) is 15.0 Å². The van der Waals surface area contributed by atoms with Gasteiger partial charge in [-0.1, -0.05) is 6.07 Å². The Balaban J connectivity index is 2.29. The quantitative estimate of drug-likeness (QED) is 0.752. The first kappa shape index (κ1) is 15.3. The van der Waals surface area contributed by atoms with Crippen molar-refractivity contribution in [2.45, 2.75) is 0 Å². The van der Waals surface area contributed by atoms with Gasteiger partial charge in [-0.2, -0.15) is 0 Å². The summed E-state index contributed by atoms with van der Waals surface area (Å²) in [4.78, 5) is 36.0. The molecule has 118 valence electrons. The molecule has 3 rings (SSSR count). The van der Waals surface area contributed by atoms with Crippen LogP contribution in [0.15, 0.2) is 55.0 Å². The van der Waals surface area contributed by atoms with E-state index in [1.165, 1.54) is 30.6 Å². The highest BCUT2D eigenvalue weighted by molar-refractivity contribution is 6.02. The number of carbonyl (C=O) groups excluding carboxylic acids is 2. The van der Waals surface area contributed by atoms with Crippen molar-refractivity contribution in [3.63, 3.8) is 0 Å². The van der Waals surface area contributed by atoms with E-state index in [1.54, 1.807) is 24.4 Å². The van der Waals surface area contributed by atoms with Gasteiger partial charge in [-0.3, -0.25) is 24.5 Å². The van der Waals surface area contributed by atoms with Gasteiger partial charge in [0, 0.05) is 29.7 Å². The molecule has 0 aliphatic carbocycles. The second kappa shape index (κ2) is 6.25. The Morgan fingerprint density at radius 2 is 1.54 bits per heavy atom. The first-order valence-electron chi connectivity index (χ1n) is 7.04. The third-order valence-electron chi connectivity index (χ3n) is 3.42. The number of pyridine rings is 3. The number of amides is 2. The van der Waals surface area contributed by atoms with Crippen molar-refractivity contribution in [2.75, 3.05) is 0 Å². The maximum absolute atomic E-state index is 11.8. The minimum Gasteiger partial charge on any atom is -0.366 e. The second-order valence-electron chi connectivity index (χ2n) is 4.96. The van der Waals surface area contributed by atoms with Crippen molar-refractivity contribution >= 4 is 11.8 Å². The van der Waals surface area contributed by atoms with Crippen molar-refractivity contribution < 1.29 is 9.59 Å². The molecule has 0 bridgehead atoms. The summed E-state index contributed by atoms with van der Waals surface area (Å²) < 4.78 is 0. The van der Waals surface area contributed by atoms with E-state index in [0.29, 0.717) is 28.2 Å². The lowest BCUT2D eigenvalue weighted by Gasteiger charge is -2.11. The van der Waals surface area contributed by atoms with Gasteiger partial charge >= 0.3 is 0 Å². The standard InChI is InChI=1S/C17H13N5O2/c18-16(23)10-4-7-21-13(9-10)15-14(12-3-1-2-6-20-12)11(17(19)24)5-8-22-15/h1-9H,(H2,18,23)(H2,19,24). The smallest absolute Gasteiger partial charge is 0.249 e. The van der Waals surface area contributed by atoms with Crippen LogP contribution in [0.4, 0.5) is 0 Å². The van der Waals surface area contributed by atoms with Crippen LogP contribution in [0.3, 0.4) is 0 Å². The highest BCUT2D eigenvalue weighted by atomic mass is 16.1. The zero-order valence-corrected chi connectivity index (χ0v) is 12.5. The predicted octanol–water partition coefficient (Wildman–Crippen LogP) is 1.40. The third kappa shape index (κ3) is 2.82. The van der Waals surface area contributed by atoms with Crippen LogP contribution in [0.5, 0.6) is 0 Å². The van der Waals surface area contributed by atoms with Gasteiger partial charge < -0.3 is 11.5 Å². The predicted molar refractivity (Wildman–Crippen MR) is 87.7 cm³/mol. The minimum absolute atomic E-state index is 0.268. The molecule has 0 atom stereocenters. The molecule has 0 aliphatic rings. The lowest BCUT2D eigenvalue weighted by atomic mass is 9.99. The zero-order valence-electron chi connectivity index (χ0n) is 12.5. The van der Waals surface area contributed by atoms with Gasteiger partial charge in [-0.15, -0.1) is 0 Å². The molecule has 3 aromatic rings. The minimum atomic E-state index is -0.606. The fourth-order valence-corrected chi connectivity index (χ4v) is 2.34. The van der Waals surface area contributed by atoms with Crippen LogP contribution in [-0.2, 0) is 0 Å². The van der Waals surface area contributed by atoms with Gasteiger partial charge in [0.25, 0.3) is 0 Å². The molecule has 0 fully saturated rings. The van der Waals surface area contributed by atoms with E-state index >= 15 is 0 Å². The van der Waals surface area contributed by atoms with Crippen LogP contribution in [0.1, 0.15) is 20.7 Å². The Morgan fingerprint density at radius 3 is 2.21 bits per heavy atom. The fraction of sp³-hybridized carbons (Fsp3) is 0. The van der Waals surface area contributed by atoms with E-state index in [0.717, 1.165) is 0 Å². The number of nitrogens with zero attached hydrogens (tertiary/aromatic N) is 3. The monoisotopic (exact) mass is 319 g/mol. The van der Waals surface area contributed by atoms with E-state index in [4.69, 9.17) is 11.5 Å². The van der Waals surface area contributed by atoms with Crippen molar-refractivity contribution in [3.8, 4) is 22.6 Å². The lowest BCUT2D eigenvalue weighted by molar-refractivity contribution is 0.0992. The van der Waals surface area contributed by atoms with Crippen LogP contribution >= 0.6 is 0 Å². The Kier molecular flexibility index (Phi) is 3.98. The highest BCUT2D eigenvalue weighted by Crippen LogP contribution is 2.31. The topological polar surface area (TPSA) is 125 Å². The van der Waals surface area contributed by atoms with Gasteiger partial charge in [-0.05, 0) is 30.3 Å². The largest absolute Gasteiger partial charge is 0.366 e. The van der Waals surface area contributed by atoms with Crippen LogP contribution in [0, 0.1) is 0 Å². The number of aromatic nitrogens is 3. The van der Waals surface area contributed by atoms with Crippen molar-refractivity contribution in [2.24, 2.45) is 11.5 Å². The molecule has 0 aliphatic heterocycles. The third-order valence-corrected chi connectivity index (χ3v) is 3.42. The normalized spacial score (nSPS) is 10.3. The fourth-order valence-electron chi connectivity index (χ4n) is 2.34. The molecule has 0 unspecified atom stereocenters.